The summed E-state index contributed by atoms with van der Waals surface area (Å²) in [6, 6.07) is 17.1. The van der Waals surface area contributed by atoms with Crippen LogP contribution < -0.4 is 15.6 Å². The van der Waals surface area contributed by atoms with Gasteiger partial charge in [0.15, 0.2) is 0 Å². The van der Waals surface area contributed by atoms with Gasteiger partial charge in [0.05, 0.1) is 7.11 Å². The highest BCUT2D eigenvalue weighted by molar-refractivity contribution is 5.97. The van der Waals surface area contributed by atoms with E-state index >= 15 is 0 Å². The fraction of sp³-hybridized carbons (Fsp3) is 0.273. The minimum Gasteiger partial charge on any atom is -0.497 e. The first kappa shape index (κ1) is 18.7. The first-order valence-corrected chi connectivity index (χ1v) is 9.17. The molecule has 0 bridgehead atoms. The number of carbonyl (C=O) groups is 1. The summed E-state index contributed by atoms with van der Waals surface area (Å²) in [4.78, 5) is 25.7. The molecule has 0 radical (unpaired) electrons. The Morgan fingerprint density at radius 1 is 1.11 bits per heavy atom. The summed E-state index contributed by atoms with van der Waals surface area (Å²) in [5.74, 6) is 0.423. The highest BCUT2D eigenvalue weighted by Gasteiger charge is 2.15. The first-order valence-electron chi connectivity index (χ1n) is 9.17. The SMILES string of the molecule is CCCn1c(C(=O)NCCc2ccccc2)cc2cc(OC)ccc2c1=O. The molecule has 1 amide bonds. The molecular formula is C22H24N2O3. The molecule has 140 valence electrons. The lowest BCUT2D eigenvalue weighted by Crippen LogP contribution is -2.33. The molecule has 3 rings (SSSR count). The number of pyridine rings is 1. The number of rotatable bonds is 7. The Bertz CT molecular complexity index is 994. The van der Waals surface area contributed by atoms with Gasteiger partial charge in [-0.1, -0.05) is 37.3 Å². The normalized spacial score (nSPS) is 10.7. The predicted octanol–water partition coefficient (Wildman–Crippen LogP) is 3.39. The number of methoxy groups -OCH3 is 1. The van der Waals surface area contributed by atoms with Gasteiger partial charge in [0, 0.05) is 18.5 Å². The van der Waals surface area contributed by atoms with Gasteiger partial charge >= 0.3 is 0 Å². The lowest BCUT2D eigenvalue weighted by Gasteiger charge is -2.14. The van der Waals surface area contributed by atoms with Crippen molar-refractivity contribution in [1.29, 1.82) is 0 Å². The van der Waals surface area contributed by atoms with Crippen molar-refractivity contribution >= 4 is 16.7 Å². The maximum atomic E-state index is 12.9. The van der Waals surface area contributed by atoms with Gasteiger partial charge in [0.25, 0.3) is 11.5 Å². The monoisotopic (exact) mass is 364 g/mol. The summed E-state index contributed by atoms with van der Waals surface area (Å²) in [5.41, 5.74) is 1.40. The number of nitrogens with one attached hydrogen (secondary N) is 1. The number of carbonyl (C=O) groups excluding carboxylic acids is 1. The van der Waals surface area contributed by atoms with Crippen molar-refractivity contribution in [2.75, 3.05) is 13.7 Å². The number of hydrogen-bond acceptors (Lipinski definition) is 3. The second-order valence-electron chi connectivity index (χ2n) is 6.43. The Hall–Kier alpha value is -3.08. The molecule has 0 saturated heterocycles. The van der Waals surface area contributed by atoms with Crippen LogP contribution in [0, 0.1) is 0 Å². The first-order chi connectivity index (χ1) is 13.1. The van der Waals surface area contributed by atoms with Crippen molar-refractivity contribution < 1.29 is 9.53 Å². The molecule has 0 atom stereocenters. The van der Waals surface area contributed by atoms with Crippen LogP contribution in [0.2, 0.25) is 0 Å². The van der Waals surface area contributed by atoms with Gasteiger partial charge in [-0.3, -0.25) is 9.59 Å². The van der Waals surface area contributed by atoms with Crippen LogP contribution in [0.4, 0.5) is 0 Å². The maximum absolute atomic E-state index is 12.9. The van der Waals surface area contributed by atoms with Gasteiger partial charge < -0.3 is 14.6 Å². The van der Waals surface area contributed by atoms with E-state index in [9.17, 15) is 9.59 Å². The van der Waals surface area contributed by atoms with E-state index in [4.69, 9.17) is 4.74 Å². The van der Waals surface area contributed by atoms with Crippen molar-refractivity contribution in [3.8, 4) is 5.75 Å². The molecule has 2 aromatic carbocycles. The third kappa shape index (κ3) is 4.19. The van der Waals surface area contributed by atoms with Crippen LogP contribution in [-0.4, -0.2) is 24.1 Å². The third-order valence-electron chi connectivity index (χ3n) is 4.54. The predicted molar refractivity (Wildman–Crippen MR) is 108 cm³/mol. The van der Waals surface area contributed by atoms with Crippen LogP contribution in [0.15, 0.2) is 59.4 Å². The number of aromatic nitrogens is 1. The Morgan fingerprint density at radius 3 is 2.59 bits per heavy atom. The van der Waals surface area contributed by atoms with E-state index in [1.165, 1.54) is 0 Å². The fourth-order valence-electron chi connectivity index (χ4n) is 3.15. The molecule has 0 fully saturated rings. The van der Waals surface area contributed by atoms with E-state index in [0.29, 0.717) is 35.3 Å². The second kappa shape index (κ2) is 8.54. The lowest BCUT2D eigenvalue weighted by molar-refractivity contribution is 0.0943. The maximum Gasteiger partial charge on any atom is 0.268 e. The Balaban J connectivity index is 1.89. The Labute approximate surface area is 158 Å². The molecule has 0 aliphatic carbocycles. The molecular weight excluding hydrogens is 340 g/mol. The lowest BCUT2D eigenvalue weighted by atomic mass is 10.1. The zero-order chi connectivity index (χ0) is 19.2. The van der Waals surface area contributed by atoms with E-state index in [1.807, 2.05) is 37.3 Å². The molecule has 0 spiro atoms. The van der Waals surface area contributed by atoms with Crippen LogP contribution >= 0.6 is 0 Å². The van der Waals surface area contributed by atoms with Crippen molar-refractivity contribution in [2.24, 2.45) is 0 Å². The molecule has 5 nitrogen and oxygen atoms in total. The Kier molecular flexibility index (Phi) is 5.91. The minimum absolute atomic E-state index is 0.148. The van der Waals surface area contributed by atoms with E-state index < -0.39 is 0 Å². The van der Waals surface area contributed by atoms with Gasteiger partial charge in [0.1, 0.15) is 11.4 Å². The average Bonchev–Trinajstić information content (AvgIpc) is 2.70. The van der Waals surface area contributed by atoms with Crippen molar-refractivity contribution in [2.45, 2.75) is 26.3 Å². The van der Waals surface area contributed by atoms with E-state index in [2.05, 4.69) is 5.32 Å². The number of amides is 1. The molecule has 5 heteroatoms. The van der Waals surface area contributed by atoms with Crippen molar-refractivity contribution in [1.82, 2.24) is 9.88 Å². The van der Waals surface area contributed by atoms with Crippen molar-refractivity contribution in [3.63, 3.8) is 0 Å². The largest absolute Gasteiger partial charge is 0.497 e. The number of benzene rings is 2. The molecule has 0 unspecified atom stereocenters. The fourth-order valence-corrected chi connectivity index (χ4v) is 3.15. The molecule has 1 heterocycles. The van der Waals surface area contributed by atoms with Crippen LogP contribution in [0.25, 0.3) is 10.8 Å². The van der Waals surface area contributed by atoms with E-state index in [0.717, 1.165) is 18.4 Å². The highest BCUT2D eigenvalue weighted by atomic mass is 16.5. The van der Waals surface area contributed by atoms with E-state index in [-0.39, 0.29) is 11.5 Å². The summed E-state index contributed by atoms with van der Waals surface area (Å²) < 4.78 is 6.81. The van der Waals surface area contributed by atoms with Gasteiger partial charge in [-0.2, -0.15) is 0 Å². The summed E-state index contributed by atoms with van der Waals surface area (Å²) in [5, 5.41) is 4.23. The molecule has 1 N–H and O–H groups in total. The number of fused-ring (bicyclic) bond motifs is 1. The van der Waals surface area contributed by atoms with Gasteiger partial charge in [0.2, 0.25) is 0 Å². The minimum atomic E-state index is -0.235. The number of hydrogen-bond donors (Lipinski definition) is 1. The Morgan fingerprint density at radius 2 is 1.89 bits per heavy atom. The van der Waals surface area contributed by atoms with Gasteiger partial charge in [-0.05, 0) is 48.1 Å². The summed E-state index contributed by atoms with van der Waals surface area (Å²) >= 11 is 0. The molecule has 1 aromatic heterocycles. The standard InChI is InChI=1S/C22H24N2O3/c1-3-13-24-20(21(25)23-12-11-16-7-5-4-6-8-16)15-17-14-18(27-2)9-10-19(17)22(24)26/h4-10,14-15H,3,11-13H2,1-2H3,(H,23,25). The molecule has 0 aliphatic heterocycles. The number of nitrogens with zero attached hydrogens (tertiary/aromatic N) is 1. The van der Waals surface area contributed by atoms with E-state index in [1.54, 1.807) is 35.9 Å². The van der Waals surface area contributed by atoms with Crippen LogP contribution in [0.1, 0.15) is 29.4 Å². The summed E-state index contributed by atoms with van der Waals surface area (Å²) in [7, 11) is 1.58. The molecule has 27 heavy (non-hydrogen) atoms. The second-order valence-corrected chi connectivity index (χ2v) is 6.43. The topological polar surface area (TPSA) is 60.3 Å². The van der Waals surface area contributed by atoms with Crippen LogP contribution in [0.3, 0.4) is 0 Å². The zero-order valence-corrected chi connectivity index (χ0v) is 15.7. The molecule has 3 aromatic rings. The zero-order valence-electron chi connectivity index (χ0n) is 15.7. The molecule has 0 aliphatic rings. The van der Waals surface area contributed by atoms with Crippen LogP contribution in [-0.2, 0) is 13.0 Å². The van der Waals surface area contributed by atoms with Crippen molar-refractivity contribution in [3.05, 3.63) is 76.2 Å². The van der Waals surface area contributed by atoms with Crippen LogP contribution in [0.5, 0.6) is 5.75 Å². The van der Waals surface area contributed by atoms with Gasteiger partial charge in [-0.15, -0.1) is 0 Å². The smallest absolute Gasteiger partial charge is 0.268 e. The number of ether oxygens (including phenoxy) is 1. The third-order valence-corrected chi connectivity index (χ3v) is 4.54. The average molecular weight is 364 g/mol. The quantitative estimate of drug-likeness (QED) is 0.699. The van der Waals surface area contributed by atoms with Gasteiger partial charge in [-0.25, -0.2) is 0 Å². The highest BCUT2D eigenvalue weighted by Crippen LogP contribution is 2.19. The molecule has 0 saturated carbocycles. The summed E-state index contributed by atoms with van der Waals surface area (Å²) in [6.07, 6.45) is 1.51. The summed E-state index contributed by atoms with van der Waals surface area (Å²) in [6.45, 7) is 3.00.